The van der Waals surface area contributed by atoms with Crippen molar-refractivity contribution in [2.24, 2.45) is 0 Å². The van der Waals surface area contributed by atoms with Crippen molar-refractivity contribution in [1.29, 1.82) is 0 Å². The number of aromatic nitrogens is 5. The Morgan fingerprint density at radius 2 is 2.03 bits per heavy atom. The maximum absolute atomic E-state index is 13.4. The summed E-state index contributed by atoms with van der Waals surface area (Å²) in [5.74, 6) is 0.199. The molecule has 0 bridgehead atoms. The molecule has 0 saturated heterocycles. The molecule has 12 heteroatoms. The van der Waals surface area contributed by atoms with Crippen molar-refractivity contribution in [2.75, 3.05) is 25.1 Å². The lowest BCUT2D eigenvalue weighted by Gasteiger charge is -2.13. The predicted molar refractivity (Wildman–Crippen MR) is 128 cm³/mol. The second kappa shape index (κ2) is 10.8. The van der Waals surface area contributed by atoms with E-state index in [9.17, 15) is 18.0 Å². The van der Waals surface area contributed by atoms with Crippen LogP contribution in [0.3, 0.4) is 0 Å². The molecule has 0 spiro atoms. The highest BCUT2D eigenvalue weighted by Crippen LogP contribution is 2.36. The van der Waals surface area contributed by atoms with Crippen molar-refractivity contribution in [1.82, 2.24) is 29.9 Å². The minimum Gasteiger partial charge on any atom is -0.382 e. The Hall–Kier alpha value is -3.93. The number of aryl methyl sites for hydroxylation is 1. The number of nitrogens with zero attached hydrogens (tertiary/aromatic N) is 4. The fraction of sp³-hybridized carbons (Fsp3) is 0.333. The molecule has 3 N–H and O–H groups in total. The number of anilines is 2. The number of alkyl halides is 3. The number of benzene rings is 1. The van der Waals surface area contributed by atoms with Gasteiger partial charge in [0.1, 0.15) is 5.69 Å². The number of aromatic amines is 1. The van der Waals surface area contributed by atoms with Crippen molar-refractivity contribution >= 4 is 23.1 Å². The zero-order valence-corrected chi connectivity index (χ0v) is 19.8. The van der Waals surface area contributed by atoms with Crippen LogP contribution in [-0.2, 0) is 17.3 Å². The number of carbonyl (C=O) groups excluding carboxylic acids is 1. The Morgan fingerprint density at radius 1 is 1.19 bits per heavy atom. The van der Waals surface area contributed by atoms with E-state index in [1.54, 1.807) is 12.1 Å². The van der Waals surface area contributed by atoms with E-state index in [1.165, 1.54) is 23.0 Å². The lowest BCUT2D eigenvalue weighted by Crippen LogP contribution is -2.26. The number of fused-ring (bicyclic) bond motifs is 1. The molecule has 0 aliphatic carbocycles. The van der Waals surface area contributed by atoms with Crippen molar-refractivity contribution in [3.63, 3.8) is 0 Å². The SMILES string of the molecule is CCOCCCNC(=O)c1ccc(Nc2nccn3c(-c4cn[nH]c4C(F)(F)F)cnc23)cc1CC. The summed E-state index contributed by atoms with van der Waals surface area (Å²) in [7, 11) is 0. The van der Waals surface area contributed by atoms with Gasteiger partial charge >= 0.3 is 6.18 Å². The van der Waals surface area contributed by atoms with E-state index in [-0.39, 0.29) is 17.2 Å². The maximum atomic E-state index is 13.4. The Kier molecular flexibility index (Phi) is 7.53. The second-order valence-electron chi connectivity index (χ2n) is 7.93. The maximum Gasteiger partial charge on any atom is 0.433 e. The number of H-pyrrole nitrogens is 1. The number of rotatable bonds is 10. The molecule has 0 saturated carbocycles. The summed E-state index contributed by atoms with van der Waals surface area (Å²) in [6, 6.07) is 5.33. The second-order valence-corrected chi connectivity index (χ2v) is 7.93. The Balaban J connectivity index is 1.56. The number of hydrogen-bond donors (Lipinski definition) is 3. The van der Waals surface area contributed by atoms with Crippen molar-refractivity contribution in [2.45, 2.75) is 32.9 Å². The van der Waals surface area contributed by atoms with Crippen LogP contribution in [0.5, 0.6) is 0 Å². The van der Waals surface area contributed by atoms with Gasteiger partial charge in [0.05, 0.1) is 23.7 Å². The minimum absolute atomic E-state index is 0.114. The van der Waals surface area contributed by atoms with Gasteiger partial charge in [0, 0.05) is 43.4 Å². The molecule has 36 heavy (non-hydrogen) atoms. The number of carbonyl (C=O) groups is 1. The third-order valence-corrected chi connectivity index (χ3v) is 5.58. The molecule has 0 radical (unpaired) electrons. The summed E-state index contributed by atoms with van der Waals surface area (Å²) in [5.41, 5.74) is 1.59. The van der Waals surface area contributed by atoms with Crippen LogP contribution in [0.4, 0.5) is 24.7 Å². The smallest absolute Gasteiger partial charge is 0.382 e. The van der Waals surface area contributed by atoms with Gasteiger partial charge in [-0.2, -0.15) is 18.3 Å². The number of amides is 1. The third kappa shape index (κ3) is 5.33. The number of hydrogen-bond acceptors (Lipinski definition) is 6. The summed E-state index contributed by atoms with van der Waals surface area (Å²) in [6.07, 6.45) is 2.24. The third-order valence-electron chi connectivity index (χ3n) is 5.58. The molecular formula is C24H26F3N7O2. The first-order valence-electron chi connectivity index (χ1n) is 11.5. The van der Waals surface area contributed by atoms with Crippen molar-refractivity contribution < 1.29 is 22.7 Å². The fourth-order valence-corrected chi connectivity index (χ4v) is 3.84. The highest BCUT2D eigenvalue weighted by molar-refractivity contribution is 5.96. The Bertz CT molecular complexity index is 1350. The molecule has 9 nitrogen and oxygen atoms in total. The average Bonchev–Trinajstić information content (AvgIpc) is 3.51. The van der Waals surface area contributed by atoms with Crippen LogP contribution in [0.25, 0.3) is 16.9 Å². The van der Waals surface area contributed by atoms with E-state index in [0.29, 0.717) is 48.9 Å². The molecule has 3 heterocycles. The lowest BCUT2D eigenvalue weighted by atomic mass is 10.0. The number of halogens is 3. The summed E-state index contributed by atoms with van der Waals surface area (Å²) in [6.45, 7) is 5.62. The number of imidazole rings is 1. The van der Waals surface area contributed by atoms with Gasteiger partial charge in [-0.15, -0.1) is 0 Å². The van der Waals surface area contributed by atoms with E-state index < -0.39 is 11.9 Å². The Morgan fingerprint density at radius 3 is 2.78 bits per heavy atom. The van der Waals surface area contributed by atoms with E-state index in [4.69, 9.17) is 4.74 Å². The van der Waals surface area contributed by atoms with Crippen molar-refractivity contribution in [3.8, 4) is 11.3 Å². The molecule has 0 aliphatic rings. The van der Waals surface area contributed by atoms with E-state index >= 15 is 0 Å². The number of nitrogens with one attached hydrogen (secondary N) is 3. The van der Waals surface area contributed by atoms with Gasteiger partial charge in [0.15, 0.2) is 11.5 Å². The first-order chi connectivity index (χ1) is 17.3. The van der Waals surface area contributed by atoms with Gasteiger partial charge < -0.3 is 15.4 Å². The molecule has 4 aromatic rings. The van der Waals surface area contributed by atoms with Crippen LogP contribution in [-0.4, -0.2) is 50.2 Å². The Labute approximate surface area is 205 Å². The van der Waals surface area contributed by atoms with E-state index in [0.717, 1.165) is 18.2 Å². The molecule has 4 rings (SSSR count). The van der Waals surface area contributed by atoms with Gasteiger partial charge in [-0.25, -0.2) is 9.97 Å². The standard InChI is InChI=1S/C24H26F3N7O2/c1-3-15-12-16(6-7-17(15)23(35)29-8-5-11-36-4-2)32-21-22-30-14-19(34(22)10-9-28-21)18-13-31-33-20(18)24(25,26)27/h6-7,9-10,12-14H,3-5,8,11H2,1-2H3,(H,28,32)(H,29,35)(H,31,33). The van der Waals surface area contributed by atoms with Crippen LogP contribution in [0.1, 0.15) is 41.9 Å². The molecule has 0 unspecified atom stereocenters. The fourth-order valence-electron chi connectivity index (χ4n) is 3.84. The van der Waals surface area contributed by atoms with Crippen LogP contribution in [0.15, 0.2) is 43.0 Å². The number of ether oxygens (including phenoxy) is 1. The quantitative estimate of drug-likeness (QED) is 0.274. The van der Waals surface area contributed by atoms with Gasteiger partial charge in [-0.05, 0) is 43.5 Å². The van der Waals surface area contributed by atoms with Crippen LogP contribution in [0, 0.1) is 0 Å². The van der Waals surface area contributed by atoms with Gasteiger partial charge in [-0.3, -0.25) is 14.3 Å². The predicted octanol–water partition coefficient (Wildman–Crippen LogP) is 4.60. The summed E-state index contributed by atoms with van der Waals surface area (Å²) >= 11 is 0. The zero-order chi connectivity index (χ0) is 25.7. The molecular weight excluding hydrogens is 475 g/mol. The first-order valence-corrected chi connectivity index (χ1v) is 11.5. The highest BCUT2D eigenvalue weighted by atomic mass is 19.4. The van der Waals surface area contributed by atoms with Gasteiger partial charge in [-0.1, -0.05) is 6.92 Å². The molecule has 1 aromatic carbocycles. The topological polar surface area (TPSA) is 109 Å². The zero-order valence-electron chi connectivity index (χ0n) is 19.8. The first kappa shape index (κ1) is 25.2. The molecule has 3 aromatic heterocycles. The minimum atomic E-state index is -4.59. The molecule has 0 aliphatic heterocycles. The lowest BCUT2D eigenvalue weighted by molar-refractivity contribution is -0.140. The monoisotopic (exact) mass is 501 g/mol. The summed E-state index contributed by atoms with van der Waals surface area (Å²) < 4.78 is 46.9. The molecule has 0 fully saturated rings. The van der Waals surface area contributed by atoms with Crippen LogP contribution >= 0.6 is 0 Å². The largest absolute Gasteiger partial charge is 0.433 e. The van der Waals surface area contributed by atoms with E-state index in [1.807, 2.05) is 25.0 Å². The summed E-state index contributed by atoms with van der Waals surface area (Å²) in [4.78, 5) is 21.2. The normalized spacial score (nSPS) is 11.7. The average molecular weight is 502 g/mol. The van der Waals surface area contributed by atoms with Crippen LogP contribution in [0.2, 0.25) is 0 Å². The molecule has 190 valence electrons. The highest BCUT2D eigenvalue weighted by Gasteiger charge is 2.36. The van der Waals surface area contributed by atoms with Gasteiger partial charge in [0.2, 0.25) is 0 Å². The van der Waals surface area contributed by atoms with Gasteiger partial charge in [0.25, 0.3) is 5.91 Å². The van der Waals surface area contributed by atoms with Crippen molar-refractivity contribution in [3.05, 3.63) is 59.8 Å². The molecule has 1 amide bonds. The molecule has 0 atom stereocenters. The van der Waals surface area contributed by atoms with Crippen LogP contribution < -0.4 is 10.6 Å². The van der Waals surface area contributed by atoms with E-state index in [2.05, 4.69) is 25.7 Å². The summed E-state index contributed by atoms with van der Waals surface area (Å²) in [5, 5.41) is 11.6.